The first-order chi connectivity index (χ1) is 5.93. The van der Waals surface area contributed by atoms with E-state index < -0.39 is 0 Å². The second-order valence-electron chi connectivity index (χ2n) is 4.02. The maximum atomic E-state index is 3.47. The molecule has 0 amide bonds. The van der Waals surface area contributed by atoms with Crippen molar-refractivity contribution in [3.05, 3.63) is 0 Å². The average Bonchev–Trinajstić information content (AvgIpc) is 2.02. The topological polar surface area (TPSA) is 12.0 Å². The smallest absolute Gasteiger partial charge is 0.204 e. The molecule has 0 atom stereocenters. The first-order valence-corrected chi connectivity index (χ1v) is 5.64. The van der Waals surface area contributed by atoms with Crippen molar-refractivity contribution in [2.45, 2.75) is 57.7 Å². The second-order valence-corrected chi connectivity index (χ2v) is 4.02. The number of nitrogens with one attached hydrogen (secondary N) is 1. The van der Waals surface area contributed by atoms with Crippen LogP contribution in [0, 0.1) is 0 Å². The van der Waals surface area contributed by atoms with Crippen molar-refractivity contribution in [1.82, 2.24) is 5.23 Å². The molecule has 0 aromatic carbocycles. The molecular formula is C10H22BN. The van der Waals surface area contributed by atoms with Crippen molar-refractivity contribution >= 4 is 7.41 Å². The highest BCUT2D eigenvalue weighted by Crippen LogP contribution is 2.24. The standard InChI is InChI=1S/C10H22BN/c1-2-12-11-10-8-6-4-3-5-7-9-10/h10-12H,2-9H2,1H3. The maximum Gasteiger partial charge on any atom is 0.204 e. The van der Waals surface area contributed by atoms with E-state index in [2.05, 4.69) is 12.2 Å². The molecule has 2 heteroatoms. The Labute approximate surface area is 77.6 Å². The summed E-state index contributed by atoms with van der Waals surface area (Å²) in [6.45, 7) is 3.33. The molecule has 0 aromatic rings. The van der Waals surface area contributed by atoms with Gasteiger partial charge in [-0.05, 0) is 6.54 Å². The third kappa shape index (κ3) is 4.15. The van der Waals surface area contributed by atoms with E-state index in [1.807, 2.05) is 0 Å². The van der Waals surface area contributed by atoms with E-state index in [9.17, 15) is 0 Å². The Bertz CT molecular complexity index is 95.3. The van der Waals surface area contributed by atoms with E-state index >= 15 is 0 Å². The zero-order valence-electron chi connectivity index (χ0n) is 8.44. The molecule has 0 spiro atoms. The number of hydrogen-bond acceptors (Lipinski definition) is 1. The van der Waals surface area contributed by atoms with Crippen molar-refractivity contribution in [1.29, 1.82) is 0 Å². The maximum absolute atomic E-state index is 3.47. The Morgan fingerprint density at radius 1 is 1.08 bits per heavy atom. The lowest BCUT2D eigenvalue weighted by Crippen LogP contribution is -2.23. The van der Waals surface area contributed by atoms with E-state index in [1.54, 1.807) is 0 Å². The second kappa shape index (κ2) is 6.53. The van der Waals surface area contributed by atoms with Crippen LogP contribution in [0.3, 0.4) is 0 Å². The van der Waals surface area contributed by atoms with Gasteiger partial charge >= 0.3 is 0 Å². The molecule has 0 unspecified atom stereocenters. The molecule has 70 valence electrons. The van der Waals surface area contributed by atoms with E-state index in [1.165, 1.54) is 52.4 Å². The van der Waals surface area contributed by atoms with Crippen molar-refractivity contribution in [3.63, 3.8) is 0 Å². The quantitative estimate of drug-likeness (QED) is 0.636. The minimum absolute atomic E-state index is 0.977. The van der Waals surface area contributed by atoms with Gasteiger partial charge in [0.1, 0.15) is 0 Å². The van der Waals surface area contributed by atoms with Crippen LogP contribution in [0.15, 0.2) is 0 Å². The Balaban J connectivity index is 2.11. The van der Waals surface area contributed by atoms with Gasteiger partial charge in [0.2, 0.25) is 7.41 Å². The minimum atomic E-state index is 0.977. The van der Waals surface area contributed by atoms with Gasteiger partial charge in [0.25, 0.3) is 0 Å². The summed E-state index contributed by atoms with van der Waals surface area (Å²) in [5.41, 5.74) is 0. The van der Waals surface area contributed by atoms with Crippen LogP contribution < -0.4 is 5.23 Å². The Hall–Kier alpha value is 0.0249. The van der Waals surface area contributed by atoms with Crippen LogP contribution in [0.1, 0.15) is 51.9 Å². The highest BCUT2D eigenvalue weighted by molar-refractivity contribution is 6.34. The van der Waals surface area contributed by atoms with Crippen LogP contribution in [-0.2, 0) is 0 Å². The van der Waals surface area contributed by atoms with E-state index in [4.69, 9.17) is 0 Å². The highest BCUT2D eigenvalue weighted by atomic mass is 14.7. The van der Waals surface area contributed by atoms with Crippen LogP contribution in [-0.4, -0.2) is 14.0 Å². The van der Waals surface area contributed by atoms with Gasteiger partial charge in [-0.15, -0.1) is 0 Å². The summed E-state index contributed by atoms with van der Waals surface area (Å²) < 4.78 is 0. The fraction of sp³-hybridized carbons (Fsp3) is 1.00. The summed E-state index contributed by atoms with van der Waals surface area (Å²) in [6, 6.07) is 0. The number of hydrogen-bond donors (Lipinski definition) is 1. The SMILES string of the molecule is CCNBC1CCCCCCC1. The Morgan fingerprint density at radius 3 is 2.25 bits per heavy atom. The van der Waals surface area contributed by atoms with Gasteiger partial charge in [0.05, 0.1) is 0 Å². The fourth-order valence-corrected chi connectivity index (χ4v) is 2.09. The largest absolute Gasteiger partial charge is 0.359 e. The van der Waals surface area contributed by atoms with Crippen LogP contribution in [0.5, 0.6) is 0 Å². The molecule has 0 saturated heterocycles. The molecule has 0 radical (unpaired) electrons. The van der Waals surface area contributed by atoms with Gasteiger partial charge in [-0.3, -0.25) is 0 Å². The molecule has 0 aliphatic heterocycles. The molecule has 1 nitrogen and oxygen atoms in total. The lowest BCUT2D eigenvalue weighted by atomic mass is 9.69. The summed E-state index contributed by atoms with van der Waals surface area (Å²) >= 11 is 0. The van der Waals surface area contributed by atoms with Crippen LogP contribution >= 0.6 is 0 Å². The van der Waals surface area contributed by atoms with E-state index in [-0.39, 0.29) is 0 Å². The Morgan fingerprint density at radius 2 is 1.67 bits per heavy atom. The van der Waals surface area contributed by atoms with E-state index in [0.717, 1.165) is 12.4 Å². The van der Waals surface area contributed by atoms with Gasteiger partial charge in [0.15, 0.2) is 0 Å². The van der Waals surface area contributed by atoms with Gasteiger partial charge < -0.3 is 5.23 Å². The van der Waals surface area contributed by atoms with Gasteiger partial charge in [0, 0.05) is 0 Å². The highest BCUT2D eigenvalue weighted by Gasteiger charge is 2.11. The molecule has 1 aliphatic carbocycles. The number of rotatable bonds is 3. The summed E-state index contributed by atoms with van der Waals surface area (Å²) in [6.07, 6.45) is 10.3. The molecular weight excluding hydrogens is 145 g/mol. The molecule has 12 heavy (non-hydrogen) atoms. The fourth-order valence-electron chi connectivity index (χ4n) is 2.09. The molecule has 1 aliphatic rings. The summed E-state index contributed by atoms with van der Waals surface area (Å²) in [5.74, 6) is 0.977. The van der Waals surface area contributed by atoms with Gasteiger partial charge in [-0.1, -0.05) is 57.7 Å². The summed E-state index contributed by atoms with van der Waals surface area (Å²) in [5, 5.41) is 3.47. The third-order valence-corrected chi connectivity index (χ3v) is 2.91. The van der Waals surface area contributed by atoms with Gasteiger partial charge in [-0.2, -0.15) is 0 Å². The molecule has 0 heterocycles. The normalized spacial score (nSPS) is 21.4. The molecule has 1 fully saturated rings. The van der Waals surface area contributed by atoms with Crippen molar-refractivity contribution in [3.8, 4) is 0 Å². The zero-order valence-corrected chi connectivity index (χ0v) is 8.44. The van der Waals surface area contributed by atoms with Crippen LogP contribution in [0.4, 0.5) is 0 Å². The van der Waals surface area contributed by atoms with Crippen molar-refractivity contribution in [2.75, 3.05) is 6.54 Å². The van der Waals surface area contributed by atoms with Gasteiger partial charge in [-0.25, -0.2) is 0 Å². The first kappa shape index (κ1) is 10.1. The van der Waals surface area contributed by atoms with Crippen LogP contribution in [0.2, 0.25) is 5.82 Å². The first-order valence-electron chi connectivity index (χ1n) is 5.64. The molecule has 1 rings (SSSR count). The monoisotopic (exact) mass is 167 g/mol. The molecule has 1 N–H and O–H groups in total. The zero-order chi connectivity index (χ0) is 8.65. The van der Waals surface area contributed by atoms with Crippen molar-refractivity contribution < 1.29 is 0 Å². The lowest BCUT2D eigenvalue weighted by molar-refractivity contribution is 0.499. The lowest BCUT2D eigenvalue weighted by Gasteiger charge is -2.18. The molecule has 0 bridgehead atoms. The predicted octanol–water partition coefficient (Wildman–Crippen LogP) is 2.48. The molecule has 0 aromatic heterocycles. The summed E-state index contributed by atoms with van der Waals surface area (Å²) in [7, 11) is 1.26. The van der Waals surface area contributed by atoms with E-state index in [0.29, 0.717) is 0 Å². The predicted molar refractivity (Wildman–Crippen MR) is 56.9 cm³/mol. The van der Waals surface area contributed by atoms with Crippen molar-refractivity contribution in [2.24, 2.45) is 0 Å². The third-order valence-electron chi connectivity index (χ3n) is 2.91. The average molecular weight is 167 g/mol. The Kier molecular flexibility index (Phi) is 5.50. The van der Waals surface area contributed by atoms with Crippen LogP contribution in [0.25, 0.3) is 0 Å². The molecule has 1 saturated carbocycles. The summed E-state index contributed by atoms with van der Waals surface area (Å²) in [4.78, 5) is 0. The minimum Gasteiger partial charge on any atom is -0.359 e.